The van der Waals surface area contributed by atoms with Crippen LogP contribution in [0.1, 0.15) is 0 Å². The summed E-state index contributed by atoms with van der Waals surface area (Å²) < 4.78 is 0. The number of rotatable bonds is 0. The third-order valence-corrected chi connectivity index (χ3v) is 0.663. The van der Waals surface area contributed by atoms with Gasteiger partial charge in [-0.2, -0.15) is 4.98 Å². The average molecular weight is 108 g/mol. The molecule has 0 bridgehead atoms. The Kier molecular flexibility index (Phi) is 1.32. The van der Waals surface area contributed by atoms with E-state index >= 15 is 0 Å². The van der Waals surface area contributed by atoms with Crippen LogP contribution in [0.3, 0.4) is 0 Å². The highest BCUT2D eigenvalue weighted by Crippen LogP contribution is 1.62. The second-order valence-electron chi connectivity index (χ2n) is 1.24. The molecule has 1 aromatic heterocycles. The minimum Gasteiger partial charge on any atom is -0.267 e. The lowest BCUT2D eigenvalue weighted by molar-refractivity contribution is 1.18. The molecule has 0 unspecified atom stereocenters. The normalized spacial score (nSPS) is 8.50. The second kappa shape index (κ2) is 2.16. The molecule has 0 aliphatic rings. The Hall–Kier alpha value is -1.25. The number of hydrogen-bond acceptors (Lipinski definition) is 3. The SMILES string of the molecule is O=c1cccncn1. The topological polar surface area (TPSA) is 42.9 Å². The van der Waals surface area contributed by atoms with Crippen molar-refractivity contribution in [1.29, 1.82) is 0 Å². The van der Waals surface area contributed by atoms with Crippen molar-refractivity contribution in [2.24, 2.45) is 0 Å². The van der Waals surface area contributed by atoms with Crippen LogP contribution in [-0.2, 0) is 0 Å². The maximum atomic E-state index is 10.3. The minimum absolute atomic E-state index is 0.262. The number of aromatic nitrogens is 2. The standard InChI is InChI=1S/C5H4N2O/c8-5-2-1-3-6-4-7-5/h1-4H. The van der Waals surface area contributed by atoms with Gasteiger partial charge in [0.2, 0.25) is 0 Å². The summed E-state index contributed by atoms with van der Waals surface area (Å²) in [6.45, 7) is 0. The Labute approximate surface area is 46.0 Å². The average Bonchev–Trinajstić information content (AvgIpc) is 1.94. The number of hydrogen-bond donors (Lipinski definition) is 0. The van der Waals surface area contributed by atoms with Crippen molar-refractivity contribution in [3.05, 3.63) is 35.0 Å². The first-order chi connectivity index (χ1) is 3.89. The first-order valence-electron chi connectivity index (χ1n) is 2.16. The van der Waals surface area contributed by atoms with Gasteiger partial charge in [-0.05, 0) is 6.07 Å². The highest BCUT2D eigenvalue weighted by atomic mass is 16.1. The van der Waals surface area contributed by atoms with Crippen LogP contribution in [0.2, 0.25) is 0 Å². The van der Waals surface area contributed by atoms with E-state index < -0.39 is 0 Å². The molecule has 1 aromatic rings. The molecule has 3 heteroatoms. The molecule has 3 nitrogen and oxygen atoms in total. The molecule has 0 amide bonds. The van der Waals surface area contributed by atoms with E-state index in [1.54, 1.807) is 6.07 Å². The predicted octanol–water partition coefficient (Wildman–Crippen LogP) is -0.163. The molecule has 0 aliphatic carbocycles. The number of nitrogens with zero attached hydrogens (tertiary/aromatic N) is 2. The summed E-state index contributed by atoms with van der Waals surface area (Å²) in [5.41, 5.74) is -0.262. The van der Waals surface area contributed by atoms with Crippen LogP contribution in [0.15, 0.2) is 29.5 Å². The molecular formula is C5H4N2O. The first kappa shape index (κ1) is 4.90. The van der Waals surface area contributed by atoms with E-state index in [1.807, 2.05) is 0 Å². The fraction of sp³-hybridized carbons (Fsp3) is 0. The maximum Gasteiger partial charge on any atom is 0.271 e. The van der Waals surface area contributed by atoms with Gasteiger partial charge in [0.1, 0.15) is 6.33 Å². The van der Waals surface area contributed by atoms with Crippen molar-refractivity contribution in [2.45, 2.75) is 0 Å². The van der Waals surface area contributed by atoms with Crippen molar-refractivity contribution in [2.75, 3.05) is 0 Å². The van der Waals surface area contributed by atoms with Crippen LogP contribution < -0.4 is 5.56 Å². The molecule has 0 fully saturated rings. The largest absolute Gasteiger partial charge is 0.271 e. The Balaban J connectivity index is 3.32. The van der Waals surface area contributed by atoms with Crippen molar-refractivity contribution >= 4 is 0 Å². The first-order valence-corrected chi connectivity index (χ1v) is 2.16. The van der Waals surface area contributed by atoms with E-state index in [0.29, 0.717) is 0 Å². The van der Waals surface area contributed by atoms with Crippen LogP contribution >= 0.6 is 0 Å². The van der Waals surface area contributed by atoms with Crippen molar-refractivity contribution < 1.29 is 0 Å². The maximum absolute atomic E-state index is 10.3. The highest BCUT2D eigenvalue weighted by molar-refractivity contribution is 4.82. The third kappa shape index (κ3) is 1.11. The van der Waals surface area contributed by atoms with E-state index in [0.717, 1.165) is 0 Å². The quantitative estimate of drug-likeness (QED) is 0.463. The van der Waals surface area contributed by atoms with E-state index in [1.165, 1.54) is 18.6 Å². The van der Waals surface area contributed by atoms with E-state index in [-0.39, 0.29) is 5.56 Å². The summed E-state index contributed by atoms with van der Waals surface area (Å²) in [6, 6.07) is 2.91. The smallest absolute Gasteiger partial charge is 0.267 e. The Morgan fingerprint density at radius 1 is 1.50 bits per heavy atom. The van der Waals surface area contributed by atoms with Crippen LogP contribution in [0.25, 0.3) is 0 Å². The molecule has 0 atom stereocenters. The van der Waals surface area contributed by atoms with Gasteiger partial charge in [0.25, 0.3) is 5.56 Å². The molecule has 0 aromatic carbocycles. The van der Waals surface area contributed by atoms with Gasteiger partial charge in [-0.3, -0.25) is 4.79 Å². The fourth-order valence-corrected chi connectivity index (χ4v) is 0.347. The lowest BCUT2D eigenvalue weighted by Crippen LogP contribution is -1.96. The molecule has 0 spiro atoms. The van der Waals surface area contributed by atoms with Crippen LogP contribution in [0.4, 0.5) is 0 Å². The molecule has 8 heavy (non-hydrogen) atoms. The third-order valence-electron chi connectivity index (χ3n) is 0.663. The zero-order valence-corrected chi connectivity index (χ0v) is 4.11. The van der Waals surface area contributed by atoms with Crippen LogP contribution in [0, 0.1) is 0 Å². The van der Waals surface area contributed by atoms with Gasteiger partial charge in [0.05, 0.1) is 0 Å². The molecule has 0 N–H and O–H groups in total. The zero-order valence-electron chi connectivity index (χ0n) is 4.11. The molecule has 0 saturated heterocycles. The van der Waals surface area contributed by atoms with Crippen LogP contribution in [0.5, 0.6) is 0 Å². The predicted molar refractivity (Wildman–Crippen MR) is 28.3 cm³/mol. The molecule has 1 rings (SSSR count). The summed E-state index contributed by atoms with van der Waals surface area (Å²) in [7, 11) is 0. The van der Waals surface area contributed by atoms with Gasteiger partial charge in [0.15, 0.2) is 0 Å². The molecule has 0 saturated carbocycles. The zero-order chi connectivity index (χ0) is 5.82. The van der Waals surface area contributed by atoms with Crippen molar-refractivity contribution in [1.82, 2.24) is 9.97 Å². The van der Waals surface area contributed by atoms with Gasteiger partial charge in [-0.1, -0.05) is 0 Å². The Bertz CT molecular complexity index is 201. The van der Waals surface area contributed by atoms with E-state index in [9.17, 15) is 4.79 Å². The highest BCUT2D eigenvalue weighted by Gasteiger charge is 1.71. The summed E-state index contributed by atoms with van der Waals surface area (Å²) in [4.78, 5) is 17.3. The Morgan fingerprint density at radius 2 is 2.38 bits per heavy atom. The molecule has 40 valence electrons. The van der Waals surface area contributed by atoms with E-state index in [4.69, 9.17) is 0 Å². The van der Waals surface area contributed by atoms with Crippen molar-refractivity contribution in [3.63, 3.8) is 0 Å². The monoisotopic (exact) mass is 108 g/mol. The van der Waals surface area contributed by atoms with Gasteiger partial charge in [0, 0.05) is 12.3 Å². The van der Waals surface area contributed by atoms with Crippen molar-refractivity contribution in [3.8, 4) is 0 Å². The summed E-state index contributed by atoms with van der Waals surface area (Å²) in [6.07, 6.45) is 2.73. The summed E-state index contributed by atoms with van der Waals surface area (Å²) in [5, 5.41) is 0. The van der Waals surface area contributed by atoms with Gasteiger partial charge < -0.3 is 0 Å². The molecule has 1 heterocycles. The summed E-state index contributed by atoms with van der Waals surface area (Å²) >= 11 is 0. The molecular weight excluding hydrogens is 104 g/mol. The second-order valence-corrected chi connectivity index (χ2v) is 1.24. The van der Waals surface area contributed by atoms with E-state index in [2.05, 4.69) is 9.97 Å². The molecule has 0 radical (unpaired) electrons. The van der Waals surface area contributed by atoms with Crippen LogP contribution in [-0.4, -0.2) is 9.97 Å². The molecule has 0 aliphatic heterocycles. The summed E-state index contributed by atoms with van der Waals surface area (Å²) in [5.74, 6) is 0. The lowest BCUT2D eigenvalue weighted by Gasteiger charge is -1.56. The minimum atomic E-state index is -0.262. The Morgan fingerprint density at radius 3 is 3.25 bits per heavy atom. The van der Waals surface area contributed by atoms with Gasteiger partial charge >= 0.3 is 0 Å². The lowest BCUT2D eigenvalue weighted by atomic mass is 10.6. The fourth-order valence-electron chi connectivity index (χ4n) is 0.347. The van der Waals surface area contributed by atoms with Gasteiger partial charge in [-0.25, -0.2) is 4.98 Å². The van der Waals surface area contributed by atoms with Gasteiger partial charge in [-0.15, -0.1) is 0 Å².